The molecule has 0 bridgehead atoms. The standard InChI is InChI=1S/C18H27FO3/c1-4-6-12-21-14(3)18(20)17(22-11-5-2)13-15-7-9-16(19)10-8-15/h5,7-10,14,17-18,20H,2,4,6,11-13H2,1,3H3/t14-,17+,18-/m0/s1. The highest BCUT2D eigenvalue weighted by Gasteiger charge is 2.26. The summed E-state index contributed by atoms with van der Waals surface area (Å²) in [6.07, 6.45) is 2.68. The smallest absolute Gasteiger partial charge is 0.123 e. The lowest BCUT2D eigenvalue weighted by molar-refractivity contribution is -0.100. The van der Waals surface area contributed by atoms with Gasteiger partial charge in [-0.2, -0.15) is 0 Å². The lowest BCUT2D eigenvalue weighted by Crippen LogP contribution is -2.40. The fourth-order valence-corrected chi connectivity index (χ4v) is 2.14. The first-order chi connectivity index (χ1) is 10.6. The lowest BCUT2D eigenvalue weighted by Gasteiger charge is -2.28. The SMILES string of the molecule is C=CCO[C@H](Cc1ccc(F)cc1)[C@@H](O)[C@H](C)OCCCC. The molecular weight excluding hydrogens is 283 g/mol. The molecule has 4 heteroatoms. The molecule has 0 aromatic heterocycles. The minimum Gasteiger partial charge on any atom is -0.388 e. The van der Waals surface area contributed by atoms with Crippen LogP contribution in [-0.2, 0) is 15.9 Å². The highest BCUT2D eigenvalue weighted by Crippen LogP contribution is 2.15. The Bertz CT molecular complexity index is 419. The second-order valence-electron chi connectivity index (χ2n) is 5.41. The molecule has 3 atom stereocenters. The van der Waals surface area contributed by atoms with Crippen molar-refractivity contribution in [3.8, 4) is 0 Å². The summed E-state index contributed by atoms with van der Waals surface area (Å²) in [4.78, 5) is 0. The maximum absolute atomic E-state index is 13.0. The topological polar surface area (TPSA) is 38.7 Å². The summed E-state index contributed by atoms with van der Waals surface area (Å²) in [6, 6.07) is 6.23. The van der Waals surface area contributed by atoms with Crippen LogP contribution >= 0.6 is 0 Å². The number of hydrogen-bond acceptors (Lipinski definition) is 3. The van der Waals surface area contributed by atoms with Gasteiger partial charge in [0.1, 0.15) is 11.9 Å². The Kier molecular flexibility index (Phi) is 8.97. The Morgan fingerprint density at radius 1 is 1.27 bits per heavy atom. The van der Waals surface area contributed by atoms with Crippen molar-refractivity contribution >= 4 is 0 Å². The molecule has 1 rings (SSSR count). The van der Waals surface area contributed by atoms with Crippen molar-refractivity contribution in [3.05, 3.63) is 48.3 Å². The van der Waals surface area contributed by atoms with Crippen molar-refractivity contribution in [3.63, 3.8) is 0 Å². The van der Waals surface area contributed by atoms with Crippen LogP contribution < -0.4 is 0 Å². The van der Waals surface area contributed by atoms with Crippen LogP contribution in [-0.4, -0.2) is 36.6 Å². The molecule has 22 heavy (non-hydrogen) atoms. The van der Waals surface area contributed by atoms with E-state index in [-0.39, 0.29) is 11.9 Å². The molecule has 0 aliphatic heterocycles. The summed E-state index contributed by atoms with van der Waals surface area (Å²) >= 11 is 0. The average molecular weight is 310 g/mol. The normalized spacial score (nSPS) is 15.3. The Balaban J connectivity index is 2.64. The molecule has 0 aliphatic rings. The Labute approximate surface area is 132 Å². The van der Waals surface area contributed by atoms with E-state index in [1.807, 2.05) is 6.92 Å². The van der Waals surface area contributed by atoms with Crippen molar-refractivity contribution in [2.24, 2.45) is 0 Å². The average Bonchev–Trinajstić information content (AvgIpc) is 2.52. The van der Waals surface area contributed by atoms with E-state index >= 15 is 0 Å². The largest absolute Gasteiger partial charge is 0.388 e. The molecule has 3 nitrogen and oxygen atoms in total. The van der Waals surface area contributed by atoms with Crippen LogP contribution in [0.15, 0.2) is 36.9 Å². The number of hydrogen-bond donors (Lipinski definition) is 1. The van der Waals surface area contributed by atoms with Gasteiger partial charge in [0, 0.05) is 13.0 Å². The van der Waals surface area contributed by atoms with E-state index < -0.39 is 12.2 Å². The summed E-state index contributed by atoms with van der Waals surface area (Å²) in [7, 11) is 0. The van der Waals surface area contributed by atoms with Gasteiger partial charge in [-0.15, -0.1) is 6.58 Å². The number of unbranched alkanes of at least 4 members (excludes halogenated alkanes) is 1. The first kappa shape index (κ1) is 18.8. The van der Waals surface area contributed by atoms with Crippen molar-refractivity contribution < 1.29 is 19.0 Å². The van der Waals surface area contributed by atoms with Gasteiger partial charge in [-0.1, -0.05) is 31.6 Å². The Hall–Kier alpha value is -1.23. The number of rotatable bonds is 11. The zero-order chi connectivity index (χ0) is 16.4. The molecule has 0 amide bonds. The number of ether oxygens (including phenoxy) is 2. The molecular formula is C18H27FO3. The van der Waals surface area contributed by atoms with Crippen molar-refractivity contribution in [1.29, 1.82) is 0 Å². The third-order valence-electron chi connectivity index (χ3n) is 3.52. The van der Waals surface area contributed by atoms with Crippen molar-refractivity contribution in [1.82, 2.24) is 0 Å². The summed E-state index contributed by atoms with van der Waals surface area (Å²) in [5.74, 6) is -0.274. The fourth-order valence-electron chi connectivity index (χ4n) is 2.14. The summed E-state index contributed by atoms with van der Waals surface area (Å²) in [5.41, 5.74) is 0.912. The van der Waals surface area contributed by atoms with Crippen LogP contribution in [0.1, 0.15) is 32.3 Å². The van der Waals surface area contributed by atoms with E-state index in [2.05, 4.69) is 13.5 Å². The predicted molar refractivity (Wildman–Crippen MR) is 86.4 cm³/mol. The summed E-state index contributed by atoms with van der Waals surface area (Å²) < 4.78 is 24.3. The van der Waals surface area contributed by atoms with E-state index in [1.165, 1.54) is 12.1 Å². The van der Waals surface area contributed by atoms with Crippen LogP contribution in [0.3, 0.4) is 0 Å². The molecule has 0 unspecified atom stereocenters. The van der Waals surface area contributed by atoms with Gasteiger partial charge in [0.2, 0.25) is 0 Å². The number of halogens is 1. The summed E-state index contributed by atoms with van der Waals surface area (Å²) in [5, 5.41) is 10.5. The number of benzene rings is 1. The molecule has 124 valence electrons. The van der Waals surface area contributed by atoms with E-state index in [1.54, 1.807) is 18.2 Å². The first-order valence-corrected chi connectivity index (χ1v) is 7.85. The Morgan fingerprint density at radius 2 is 1.95 bits per heavy atom. The minimum atomic E-state index is -0.748. The van der Waals surface area contributed by atoms with Crippen molar-refractivity contribution in [2.45, 2.75) is 51.4 Å². The number of aliphatic hydroxyl groups is 1. The third-order valence-corrected chi connectivity index (χ3v) is 3.52. The van der Waals surface area contributed by atoms with E-state index in [0.717, 1.165) is 18.4 Å². The highest BCUT2D eigenvalue weighted by atomic mass is 19.1. The zero-order valence-corrected chi connectivity index (χ0v) is 13.5. The molecule has 0 saturated carbocycles. The van der Waals surface area contributed by atoms with Crippen LogP contribution in [0.5, 0.6) is 0 Å². The molecule has 0 radical (unpaired) electrons. The van der Waals surface area contributed by atoms with Crippen LogP contribution in [0, 0.1) is 5.82 Å². The second kappa shape index (κ2) is 10.5. The molecule has 0 saturated heterocycles. The van der Waals surface area contributed by atoms with Gasteiger partial charge in [-0.3, -0.25) is 0 Å². The van der Waals surface area contributed by atoms with Gasteiger partial charge in [0.15, 0.2) is 0 Å². The van der Waals surface area contributed by atoms with Crippen LogP contribution in [0.4, 0.5) is 4.39 Å². The van der Waals surface area contributed by atoms with Crippen LogP contribution in [0.25, 0.3) is 0 Å². The highest BCUT2D eigenvalue weighted by molar-refractivity contribution is 5.17. The van der Waals surface area contributed by atoms with Gasteiger partial charge in [-0.05, 0) is 31.0 Å². The Morgan fingerprint density at radius 3 is 2.55 bits per heavy atom. The second-order valence-corrected chi connectivity index (χ2v) is 5.41. The molecule has 1 N–H and O–H groups in total. The molecule has 0 fully saturated rings. The molecule has 0 aliphatic carbocycles. The monoisotopic (exact) mass is 310 g/mol. The molecule has 0 heterocycles. The zero-order valence-electron chi connectivity index (χ0n) is 13.5. The fraction of sp³-hybridized carbons (Fsp3) is 0.556. The quantitative estimate of drug-likeness (QED) is 0.502. The lowest BCUT2D eigenvalue weighted by atomic mass is 10.0. The summed E-state index contributed by atoms with van der Waals surface area (Å²) in [6.45, 7) is 8.54. The van der Waals surface area contributed by atoms with E-state index in [4.69, 9.17) is 9.47 Å². The minimum absolute atomic E-state index is 0.274. The molecule has 0 spiro atoms. The van der Waals surface area contributed by atoms with Gasteiger partial charge < -0.3 is 14.6 Å². The van der Waals surface area contributed by atoms with E-state index in [9.17, 15) is 9.50 Å². The third kappa shape index (κ3) is 6.69. The van der Waals surface area contributed by atoms with E-state index in [0.29, 0.717) is 19.6 Å². The van der Waals surface area contributed by atoms with Gasteiger partial charge in [0.05, 0.1) is 18.8 Å². The maximum atomic E-state index is 13.0. The van der Waals surface area contributed by atoms with Gasteiger partial charge >= 0.3 is 0 Å². The van der Waals surface area contributed by atoms with Gasteiger partial charge in [0.25, 0.3) is 0 Å². The maximum Gasteiger partial charge on any atom is 0.123 e. The first-order valence-electron chi connectivity index (χ1n) is 7.85. The van der Waals surface area contributed by atoms with Crippen molar-refractivity contribution in [2.75, 3.05) is 13.2 Å². The molecule has 1 aromatic rings. The van der Waals surface area contributed by atoms with Crippen LogP contribution in [0.2, 0.25) is 0 Å². The molecule has 1 aromatic carbocycles. The van der Waals surface area contributed by atoms with Gasteiger partial charge in [-0.25, -0.2) is 4.39 Å². The predicted octanol–water partition coefficient (Wildman–Crippen LogP) is 3.51. The number of aliphatic hydroxyl groups excluding tert-OH is 1.